The summed E-state index contributed by atoms with van der Waals surface area (Å²) in [6.45, 7) is 5.74. The summed E-state index contributed by atoms with van der Waals surface area (Å²) in [6, 6.07) is 15.4. The van der Waals surface area contributed by atoms with Gasteiger partial charge in [-0.1, -0.05) is 6.07 Å². The van der Waals surface area contributed by atoms with Crippen LogP contribution in [0.1, 0.15) is 34.3 Å². The van der Waals surface area contributed by atoms with E-state index in [1.54, 1.807) is 0 Å². The molecule has 4 N–H and O–H groups in total. The Kier molecular flexibility index (Phi) is 7.84. The molecular weight excluding hydrogens is 524 g/mol. The molecule has 4 aromatic rings. The van der Waals surface area contributed by atoms with Crippen LogP contribution in [0, 0.1) is 11.6 Å². The van der Waals surface area contributed by atoms with Gasteiger partial charge < -0.3 is 25.8 Å². The van der Waals surface area contributed by atoms with Gasteiger partial charge in [0.25, 0.3) is 5.91 Å². The number of benzene rings is 3. The van der Waals surface area contributed by atoms with Gasteiger partial charge >= 0.3 is 0 Å². The molecule has 6 rings (SSSR count). The van der Waals surface area contributed by atoms with Crippen molar-refractivity contribution in [1.29, 1.82) is 0 Å². The SMILES string of the molecule is CN1CCN(c2ccc(C(=O)Nc3n[nH]c4ccc(Cc5cc(F)cc(F)c5)cc34)c(NC3CCCNC3)c2)CC1. The van der Waals surface area contributed by atoms with Crippen LogP contribution >= 0.6 is 0 Å². The number of carbonyl (C=O) groups excluding carboxylic acids is 1. The maximum Gasteiger partial charge on any atom is 0.258 e. The fourth-order valence-corrected chi connectivity index (χ4v) is 5.70. The molecule has 2 saturated heterocycles. The summed E-state index contributed by atoms with van der Waals surface area (Å²) >= 11 is 0. The quantitative estimate of drug-likeness (QED) is 0.265. The zero-order valence-electron chi connectivity index (χ0n) is 23.1. The number of piperazine rings is 1. The van der Waals surface area contributed by atoms with Crippen LogP contribution in [-0.4, -0.2) is 73.4 Å². The van der Waals surface area contributed by atoms with Crippen molar-refractivity contribution >= 4 is 34.0 Å². The Morgan fingerprint density at radius 2 is 1.80 bits per heavy atom. The number of aromatic amines is 1. The molecule has 1 amide bonds. The predicted octanol–water partition coefficient (Wildman–Crippen LogP) is 4.60. The molecule has 2 aliphatic rings. The van der Waals surface area contributed by atoms with Gasteiger partial charge in [-0.15, -0.1) is 0 Å². The molecule has 0 spiro atoms. The molecule has 8 nitrogen and oxygen atoms in total. The van der Waals surface area contributed by atoms with E-state index in [9.17, 15) is 13.6 Å². The highest BCUT2D eigenvalue weighted by atomic mass is 19.1. The third-order valence-electron chi connectivity index (χ3n) is 7.96. The molecule has 3 heterocycles. The molecule has 1 atom stereocenters. The molecule has 0 saturated carbocycles. The van der Waals surface area contributed by atoms with Gasteiger partial charge in [-0.25, -0.2) is 8.78 Å². The van der Waals surface area contributed by atoms with Crippen molar-refractivity contribution < 1.29 is 13.6 Å². The van der Waals surface area contributed by atoms with Gasteiger partial charge in [0.1, 0.15) is 11.6 Å². The molecule has 2 aliphatic heterocycles. The molecule has 0 aliphatic carbocycles. The maximum absolute atomic E-state index is 13.7. The fourth-order valence-electron chi connectivity index (χ4n) is 5.70. The number of rotatable bonds is 7. The molecule has 41 heavy (non-hydrogen) atoms. The normalized spacial score (nSPS) is 18.0. The topological polar surface area (TPSA) is 88.3 Å². The smallest absolute Gasteiger partial charge is 0.258 e. The molecule has 214 valence electrons. The zero-order chi connectivity index (χ0) is 28.3. The van der Waals surface area contributed by atoms with E-state index in [4.69, 9.17) is 0 Å². The van der Waals surface area contributed by atoms with Gasteiger partial charge in [0.05, 0.1) is 11.1 Å². The third-order valence-corrected chi connectivity index (χ3v) is 7.96. The lowest BCUT2D eigenvalue weighted by Gasteiger charge is -2.34. The summed E-state index contributed by atoms with van der Waals surface area (Å²) < 4.78 is 27.4. The van der Waals surface area contributed by atoms with Gasteiger partial charge in [0, 0.05) is 61.6 Å². The number of piperidine rings is 1. The van der Waals surface area contributed by atoms with E-state index in [1.165, 1.54) is 12.1 Å². The van der Waals surface area contributed by atoms with Gasteiger partial charge in [-0.3, -0.25) is 9.89 Å². The first-order chi connectivity index (χ1) is 19.9. The Labute approximate surface area is 238 Å². The van der Waals surface area contributed by atoms with E-state index in [-0.39, 0.29) is 11.9 Å². The minimum absolute atomic E-state index is 0.236. The van der Waals surface area contributed by atoms with Gasteiger partial charge in [0.15, 0.2) is 5.82 Å². The average Bonchev–Trinajstić information content (AvgIpc) is 3.35. The number of hydrogen-bond donors (Lipinski definition) is 4. The first kappa shape index (κ1) is 27.2. The van der Waals surface area contributed by atoms with E-state index in [0.29, 0.717) is 23.4 Å². The van der Waals surface area contributed by atoms with Crippen molar-refractivity contribution in [3.8, 4) is 0 Å². The molecule has 0 bridgehead atoms. The third kappa shape index (κ3) is 6.34. The van der Waals surface area contributed by atoms with Crippen molar-refractivity contribution in [2.45, 2.75) is 25.3 Å². The van der Waals surface area contributed by atoms with Gasteiger partial charge in [-0.05, 0) is 86.4 Å². The number of hydrogen-bond acceptors (Lipinski definition) is 6. The second kappa shape index (κ2) is 11.8. The van der Waals surface area contributed by atoms with Crippen molar-refractivity contribution in [1.82, 2.24) is 20.4 Å². The second-order valence-corrected chi connectivity index (χ2v) is 11.1. The van der Waals surface area contributed by atoms with Crippen molar-refractivity contribution in [2.24, 2.45) is 0 Å². The summed E-state index contributed by atoms with van der Waals surface area (Å²) in [6.07, 6.45) is 2.47. The largest absolute Gasteiger partial charge is 0.380 e. The van der Waals surface area contributed by atoms with Crippen molar-refractivity contribution in [2.75, 3.05) is 61.8 Å². The van der Waals surface area contributed by atoms with Gasteiger partial charge in [-0.2, -0.15) is 5.10 Å². The number of nitrogens with zero attached hydrogens (tertiary/aromatic N) is 3. The molecule has 10 heteroatoms. The number of fused-ring (bicyclic) bond motifs is 1. The van der Waals surface area contributed by atoms with Crippen LogP contribution in [0.25, 0.3) is 10.9 Å². The minimum Gasteiger partial charge on any atom is -0.380 e. The first-order valence-corrected chi connectivity index (χ1v) is 14.2. The number of likely N-dealkylation sites (N-methyl/N-ethyl adjacent to an activating group) is 1. The van der Waals surface area contributed by atoms with Crippen molar-refractivity contribution in [3.63, 3.8) is 0 Å². The lowest BCUT2D eigenvalue weighted by molar-refractivity contribution is 0.102. The summed E-state index contributed by atoms with van der Waals surface area (Å²) in [5.74, 6) is -1.06. The fraction of sp³-hybridized carbons (Fsp3) is 0.355. The molecule has 3 aromatic carbocycles. The Balaban J connectivity index is 1.25. The predicted molar refractivity (Wildman–Crippen MR) is 159 cm³/mol. The number of nitrogens with one attached hydrogen (secondary N) is 4. The van der Waals surface area contributed by atoms with Crippen molar-refractivity contribution in [3.05, 3.63) is 82.9 Å². The molecule has 0 radical (unpaired) electrons. The molecular formula is C31H35F2N7O. The van der Waals surface area contributed by atoms with Crippen LogP contribution in [0.5, 0.6) is 0 Å². The summed E-state index contributed by atoms with van der Waals surface area (Å²) in [7, 11) is 2.14. The Morgan fingerprint density at radius 3 is 2.56 bits per heavy atom. The monoisotopic (exact) mass is 559 g/mol. The molecule has 2 fully saturated rings. The highest BCUT2D eigenvalue weighted by Gasteiger charge is 2.22. The van der Waals surface area contributed by atoms with E-state index in [1.807, 2.05) is 30.3 Å². The van der Waals surface area contributed by atoms with E-state index < -0.39 is 11.6 Å². The number of aromatic nitrogens is 2. The second-order valence-electron chi connectivity index (χ2n) is 11.1. The van der Waals surface area contributed by atoms with Crippen LogP contribution in [-0.2, 0) is 6.42 Å². The summed E-state index contributed by atoms with van der Waals surface area (Å²) in [5, 5.41) is 18.1. The number of halogens is 2. The molecule has 1 unspecified atom stereocenters. The number of amides is 1. The standard InChI is InChI=1S/C31H35F2N7O/c1-39-9-11-40(12-10-39)25-5-6-26(29(18-25)35-24-3-2-8-34-19-24)31(41)36-30-27-16-20(4-7-28(27)37-38-30)13-21-14-22(32)17-23(33)15-21/h4-7,14-18,24,34-35H,2-3,8-13,19H2,1H3,(H2,36,37,38,41). The lowest BCUT2D eigenvalue weighted by atomic mass is 10.0. The lowest BCUT2D eigenvalue weighted by Crippen LogP contribution is -2.44. The van der Waals surface area contributed by atoms with Crippen LogP contribution in [0.3, 0.4) is 0 Å². The van der Waals surface area contributed by atoms with E-state index in [2.05, 4.69) is 49.1 Å². The van der Waals surface area contributed by atoms with Gasteiger partial charge in [0.2, 0.25) is 0 Å². The zero-order valence-corrected chi connectivity index (χ0v) is 23.1. The maximum atomic E-state index is 13.7. The van der Waals surface area contributed by atoms with Crippen LogP contribution < -0.4 is 20.9 Å². The first-order valence-electron chi connectivity index (χ1n) is 14.2. The summed E-state index contributed by atoms with van der Waals surface area (Å²) in [5.41, 5.74) is 4.60. The highest BCUT2D eigenvalue weighted by Crippen LogP contribution is 2.29. The minimum atomic E-state index is -0.607. The van der Waals surface area contributed by atoms with E-state index >= 15 is 0 Å². The van der Waals surface area contributed by atoms with Crippen LogP contribution in [0.4, 0.5) is 26.0 Å². The van der Waals surface area contributed by atoms with Crippen LogP contribution in [0.2, 0.25) is 0 Å². The summed E-state index contributed by atoms with van der Waals surface area (Å²) in [4.78, 5) is 18.4. The average molecular weight is 560 g/mol. The number of anilines is 3. The Hall–Kier alpha value is -4.02. The number of H-pyrrole nitrogens is 1. The van der Waals surface area contributed by atoms with Crippen LogP contribution in [0.15, 0.2) is 54.6 Å². The Morgan fingerprint density at radius 1 is 1.00 bits per heavy atom. The molecule has 1 aromatic heterocycles. The highest BCUT2D eigenvalue weighted by molar-refractivity contribution is 6.11. The number of carbonyl (C=O) groups is 1. The van der Waals surface area contributed by atoms with E-state index in [0.717, 1.165) is 86.0 Å². The Bertz CT molecular complexity index is 1520.